The molecule has 0 bridgehead atoms. The van der Waals surface area contributed by atoms with Crippen LogP contribution in [0, 0.1) is 0 Å². The lowest BCUT2D eigenvalue weighted by molar-refractivity contribution is -0.140. The monoisotopic (exact) mass is 806 g/mol. The number of rotatable bonds is 19. The van der Waals surface area contributed by atoms with E-state index in [1.165, 1.54) is 11.1 Å². The molecule has 0 fully saturated rings. The topological polar surface area (TPSA) is 112 Å². The Kier molecular flexibility index (Phi) is 39.3. The van der Waals surface area contributed by atoms with Crippen LogP contribution in [0.25, 0.3) is 22.3 Å². The molecule has 8 nitrogen and oxygen atoms in total. The number of carbonyl (C=O) groups is 2. The summed E-state index contributed by atoms with van der Waals surface area (Å²) in [6.07, 6.45) is 5.71. The number of aldehydes is 1. The largest absolute Gasteiger partial charge is 0.491 e. The molecular weight excluding hydrogens is 739 g/mol. The van der Waals surface area contributed by atoms with Crippen molar-refractivity contribution in [1.82, 2.24) is 0 Å². The van der Waals surface area contributed by atoms with E-state index in [1.807, 2.05) is 59.9 Å². The molecule has 55 heavy (non-hydrogen) atoms. The van der Waals surface area contributed by atoms with Crippen molar-refractivity contribution in [1.29, 1.82) is 0 Å². The molecule has 1 unspecified atom stereocenters. The minimum atomic E-state index is -0.650. The number of unbranched alkanes of at least 4 members (excludes halogenated alkanes) is 1. The highest BCUT2D eigenvalue weighted by Gasteiger charge is 2.12. The van der Waals surface area contributed by atoms with Crippen LogP contribution >= 0.6 is 19.8 Å². The molecule has 0 aromatic heterocycles. The first-order valence-corrected chi connectivity index (χ1v) is 21.5. The zero-order valence-corrected chi connectivity index (χ0v) is 36.7. The summed E-state index contributed by atoms with van der Waals surface area (Å²) < 4.78 is 34.4. The van der Waals surface area contributed by atoms with Gasteiger partial charge in [0.1, 0.15) is 37.6 Å². The van der Waals surface area contributed by atoms with Crippen LogP contribution in [0.3, 0.4) is 0 Å². The molecule has 0 saturated heterocycles. The Balaban J connectivity index is -0.00000156. The Labute approximate surface area is 337 Å². The number of carbonyl (C=O) groups excluding carboxylic acids is 2. The summed E-state index contributed by atoms with van der Waals surface area (Å²) in [5, 5.41) is 17.0. The van der Waals surface area contributed by atoms with Crippen molar-refractivity contribution in [3.05, 3.63) is 96.1 Å². The zero-order valence-electron chi connectivity index (χ0n) is 34.8. The molecule has 0 radical (unpaired) electrons. The number of halogens is 1. The predicted molar refractivity (Wildman–Crippen MR) is 235 cm³/mol. The average Bonchev–Trinajstić information content (AvgIpc) is 3.24. The standard InChI is InChI=1S/C33H39FO6.C4H6O2.3C2H6.CH5PS/c1-4-26-19-28(27-10-8-25(9-11-27)7-5-6-14-34)12-13-32(26)29-20-30(38-16-15-37-3)22-31(21-29)39-17-18-40-33(36)24(2)23-35;1-4(2-5)3-6;3*1-2;1-3-2/h8-13,19-22,35H,2,4-7,14-18,23H2,1,3H3;2,6H,1,3H2;3*1-2H3;2H2,1H3. The Morgan fingerprint density at radius 1 is 0.800 bits per heavy atom. The fraction of sp³-hybridized carbons (Fsp3) is 0.455. The first-order valence-electron chi connectivity index (χ1n) is 18.8. The predicted octanol–water partition coefficient (Wildman–Crippen LogP) is 10.3. The van der Waals surface area contributed by atoms with E-state index in [4.69, 9.17) is 29.2 Å². The van der Waals surface area contributed by atoms with Crippen LogP contribution in [0.15, 0.2) is 85.0 Å². The van der Waals surface area contributed by atoms with E-state index in [9.17, 15) is 14.0 Å². The van der Waals surface area contributed by atoms with Gasteiger partial charge >= 0.3 is 5.97 Å². The number of benzene rings is 3. The maximum Gasteiger partial charge on any atom is 0.335 e. The van der Waals surface area contributed by atoms with E-state index in [-0.39, 0.29) is 37.6 Å². The lowest BCUT2D eigenvalue weighted by atomic mass is 9.93. The number of ether oxygens (including phenoxy) is 4. The summed E-state index contributed by atoms with van der Waals surface area (Å²) in [7, 11) is 4.12. The summed E-state index contributed by atoms with van der Waals surface area (Å²) >= 11 is 1.67. The van der Waals surface area contributed by atoms with Crippen molar-refractivity contribution >= 4 is 32.1 Å². The SMILES string of the molecule is C=C(C=O)CO.C=C(CO)C(=O)OCCOc1cc(OCCOC)cc(-c2ccc(-c3ccc(CCCCF)cc3)cc2CC)c1.CC.CC.CC.CSP. The normalized spacial score (nSPS) is 9.33. The third kappa shape index (κ3) is 25.3. The maximum atomic E-state index is 12.4. The second-order valence-electron chi connectivity index (χ2n) is 10.5. The van der Waals surface area contributed by atoms with Gasteiger partial charge in [0.25, 0.3) is 0 Å². The van der Waals surface area contributed by atoms with Gasteiger partial charge in [-0.1, -0.05) is 113 Å². The maximum absolute atomic E-state index is 12.4. The Hall–Kier alpha value is -3.53. The zero-order chi connectivity index (χ0) is 42.4. The first kappa shape index (κ1) is 55.8. The van der Waals surface area contributed by atoms with E-state index >= 15 is 0 Å². The van der Waals surface area contributed by atoms with Crippen molar-refractivity contribution in [3.8, 4) is 33.8 Å². The van der Waals surface area contributed by atoms with Crippen molar-refractivity contribution in [2.75, 3.05) is 59.7 Å². The third-order valence-corrected chi connectivity index (χ3v) is 6.80. The molecule has 0 spiro atoms. The molecule has 3 aromatic carbocycles. The summed E-state index contributed by atoms with van der Waals surface area (Å²) in [5.74, 6) is 0.573. The number of alkyl halides is 1. The highest BCUT2D eigenvalue weighted by molar-refractivity contribution is 8.43. The molecule has 3 rings (SSSR count). The van der Waals surface area contributed by atoms with E-state index in [0.717, 1.165) is 41.5 Å². The van der Waals surface area contributed by atoms with Gasteiger partial charge in [0.05, 0.1) is 32.1 Å². The number of aliphatic hydroxyl groups excluding tert-OH is 2. The van der Waals surface area contributed by atoms with Crippen LogP contribution in [0.5, 0.6) is 11.5 Å². The Morgan fingerprint density at radius 2 is 1.35 bits per heavy atom. The van der Waals surface area contributed by atoms with Crippen molar-refractivity contribution in [2.24, 2.45) is 0 Å². The molecule has 0 amide bonds. The summed E-state index contributed by atoms with van der Waals surface area (Å²) in [6.45, 7) is 20.8. The van der Waals surface area contributed by atoms with Gasteiger partial charge in [-0.15, -0.1) is 11.4 Å². The fourth-order valence-electron chi connectivity index (χ4n) is 4.27. The number of hydrogen-bond acceptors (Lipinski definition) is 9. The molecule has 0 aliphatic carbocycles. The van der Waals surface area contributed by atoms with Crippen LogP contribution in [0.4, 0.5) is 4.39 Å². The molecule has 3 aromatic rings. The quantitative estimate of drug-likeness (QED) is 0.0402. The Morgan fingerprint density at radius 3 is 1.80 bits per heavy atom. The van der Waals surface area contributed by atoms with Gasteiger partial charge in [-0.25, -0.2) is 4.79 Å². The summed E-state index contributed by atoms with van der Waals surface area (Å²) in [6, 6.07) is 20.6. The lowest BCUT2D eigenvalue weighted by Gasteiger charge is -2.16. The molecule has 0 heterocycles. The van der Waals surface area contributed by atoms with Gasteiger partial charge in [0, 0.05) is 18.7 Å². The van der Waals surface area contributed by atoms with Crippen LogP contribution in [0.1, 0.15) is 72.4 Å². The minimum absolute atomic E-state index is 0.00380. The highest BCUT2D eigenvalue weighted by atomic mass is 32.7. The third-order valence-electron chi connectivity index (χ3n) is 6.80. The van der Waals surface area contributed by atoms with E-state index in [2.05, 4.69) is 71.0 Å². The number of methoxy groups -OCH3 is 1. The fourth-order valence-corrected chi connectivity index (χ4v) is 4.27. The van der Waals surface area contributed by atoms with Gasteiger partial charge < -0.3 is 29.2 Å². The second-order valence-corrected chi connectivity index (χ2v) is 12.4. The summed E-state index contributed by atoms with van der Waals surface area (Å²) in [5.41, 5.74) is 6.90. The molecular formula is C44H68FO8PS. The van der Waals surface area contributed by atoms with Gasteiger partial charge in [-0.05, 0) is 77.5 Å². The van der Waals surface area contributed by atoms with Crippen LogP contribution in [-0.2, 0) is 31.9 Å². The molecule has 0 aliphatic rings. The minimum Gasteiger partial charge on any atom is -0.491 e. The van der Waals surface area contributed by atoms with Gasteiger partial charge in [-0.3, -0.25) is 9.18 Å². The number of esters is 1. The van der Waals surface area contributed by atoms with Crippen LogP contribution < -0.4 is 9.47 Å². The molecule has 1 atom stereocenters. The van der Waals surface area contributed by atoms with E-state index < -0.39 is 12.6 Å². The molecule has 0 saturated carbocycles. The average molecular weight is 807 g/mol. The number of aliphatic hydroxyl groups is 2. The van der Waals surface area contributed by atoms with E-state index in [0.29, 0.717) is 37.4 Å². The van der Waals surface area contributed by atoms with Gasteiger partial charge in [-0.2, -0.15) is 0 Å². The molecule has 0 aliphatic heterocycles. The van der Waals surface area contributed by atoms with Gasteiger partial charge in [0.15, 0.2) is 0 Å². The van der Waals surface area contributed by atoms with Crippen molar-refractivity contribution in [3.63, 3.8) is 0 Å². The Bertz CT molecular complexity index is 1430. The van der Waals surface area contributed by atoms with Crippen LogP contribution in [-0.4, -0.2) is 82.1 Å². The first-order chi connectivity index (χ1) is 26.7. The highest BCUT2D eigenvalue weighted by Crippen LogP contribution is 2.34. The molecule has 2 N–H and O–H groups in total. The smallest absolute Gasteiger partial charge is 0.335 e. The molecule has 11 heteroatoms. The summed E-state index contributed by atoms with van der Waals surface area (Å²) in [4.78, 5) is 21.2. The molecule has 310 valence electrons. The lowest BCUT2D eigenvalue weighted by Crippen LogP contribution is -2.15. The number of hydrogen-bond donors (Lipinski definition) is 2. The number of aryl methyl sites for hydroxylation is 2. The van der Waals surface area contributed by atoms with Crippen molar-refractivity contribution < 1.29 is 43.1 Å². The second kappa shape index (κ2) is 38.7. The van der Waals surface area contributed by atoms with E-state index in [1.54, 1.807) is 24.6 Å². The van der Waals surface area contributed by atoms with Gasteiger partial charge in [0.2, 0.25) is 0 Å². The van der Waals surface area contributed by atoms with Crippen LogP contribution in [0.2, 0.25) is 0 Å². The van der Waals surface area contributed by atoms with Crippen molar-refractivity contribution in [2.45, 2.75) is 74.1 Å².